The summed E-state index contributed by atoms with van der Waals surface area (Å²) in [6, 6.07) is 16.4. The highest BCUT2D eigenvalue weighted by Gasteiger charge is 2.03. The van der Waals surface area contributed by atoms with Crippen molar-refractivity contribution in [3.05, 3.63) is 65.2 Å². The molecule has 0 amide bonds. The van der Waals surface area contributed by atoms with Gasteiger partial charge < -0.3 is 15.2 Å². The van der Waals surface area contributed by atoms with Crippen molar-refractivity contribution in [3.63, 3.8) is 0 Å². The zero-order valence-electron chi connectivity index (χ0n) is 12.7. The molecule has 2 aromatic rings. The van der Waals surface area contributed by atoms with Crippen LogP contribution in [0.4, 0.5) is 0 Å². The van der Waals surface area contributed by atoms with Crippen molar-refractivity contribution in [2.24, 2.45) is 5.73 Å². The lowest BCUT2D eigenvalue weighted by atomic mass is 10.0. The maximum Gasteiger partial charge on any atom is 0.119 e. The highest BCUT2D eigenvalue weighted by atomic mass is 16.5. The Morgan fingerprint density at radius 2 is 1.71 bits per heavy atom. The monoisotopic (exact) mass is 285 g/mol. The van der Waals surface area contributed by atoms with Gasteiger partial charge in [0.25, 0.3) is 0 Å². The Bertz CT molecular complexity index is 551. The molecule has 0 aliphatic rings. The third-order valence-electron chi connectivity index (χ3n) is 3.57. The zero-order chi connectivity index (χ0) is 15.1. The van der Waals surface area contributed by atoms with Crippen LogP contribution >= 0.6 is 0 Å². The molecule has 3 nitrogen and oxygen atoms in total. The predicted molar refractivity (Wildman–Crippen MR) is 85.4 cm³/mol. The molecule has 0 aromatic heterocycles. The third-order valence-corrected chi connectivity index (χ3v) is 3.57. The van der Waals surface area contributed by atoms with Gasteiger partial charge >= 0.3 is 0 Å². The first kappa shape index (κ1) is 15.5. The quantitative estimate of drug-likeness (QED) is 0.847. The van der Waals surface area contributed by atoms with Gasteiger partial charge in [-0.15, -0.1) is 0 Å². The first-order valence-electron chi connectivity index (χ1n) is 7.22. The fourth-order valence-corrected chi connectivity index (χ4v) is 2.13. The van der Waals surface area contributed by atoms with Crippen molar-refractivity contribution in [2.45, 2.75) is 26.1 Å². The normalized spacial score (nSPS) is 12.1. The average molecular weight is 285 g/mol. The van der Waals surface area contributed by atoms with E-state index in [0.29, 0.717) is 25.7 Å². The van der Waals surface area contributed by atoms with Crippen LogP contribution < -0.4 is 10.5 Å². The summed E-state index contributed by atoms with van der Waals surface area (Å²) in [5, 5.41) is 0. The maximum absolute atomic E-state index is 5.75. The standard InChI is InChI=1S/C18H23NO2/c1-14(11-19)17-8-6-15(7-9-17)12-21-13-16-4-3-5-18(10-16)20-2/h3-10,14H,11-13,19H2,1-2H3. The first-order valence-corrected chi connectivity index (χ1v) is 7.22. The van der Waals surface area contributed by atoms with Crippen molar-refractivity contribution < 1.29 is 9.47 Å². The molecule has 0 bridgehead atoms. The third kappa shape index (κ3) is 4.59. The minimum absolute atomic E-state index is 0.400. The molecule has 1 unspecified atom stereocenters. The molecule has 2 N–H and O–H groups in total. The average Bonchev–Trinajstić information content (AvgIpc) is 2.55. The molecule has 1 atom stereocenters. The van der Waals surface area contributed by atoms with Crippen molar-refractivity contribution in [2.75, 3.05) is 13.7 Å². The lowest BCUT2D eigenvalue weighted by Crippen LogP contribution is -2.08. The summed E-state index contributed by atoms with van der Waals surface area (Å²) in [5.41, 5.74) is 9.23. The van der Waals surface area contributed by atoms with Crippen molar-refractivity contribution >= 4 is 0 Å². The van der Waals surface area contributed by atoms with Gasteiger partial charge in [-0.05, 0) is 41.3 Å². The number of rotatable bonds is 7. The van der Waals surface area contributed by atoms with Crippen LogP contribution in [0.25, 0.3) is 0 Å². The van der Waals surface area contributed by atoms with Gasteiger partial charge in [-0.2, -0.15) is 0 Å². The predicted octanol–water partition coefficient (Wildman–Crippen LogP) is 3.47. The number of hydrogen-bond donors (Lipinski definition) is 1. The first-order chi connectivity index (χ1) is 10.2. The van der Waals surface area contributed by atoms with E-state index in [1.54, 1.807) is 7.11 Å². The molecular weight excluding hydrogens is 262 g/mol. The molecular formula is C18H23NO2. The Labute approximate surface area is 126 Å². The molecule has 0 fully saturated rings. The summed E-state index contributed by atoms with van der Waals surface area (Å²) in [4.78, 5) is 0. The van der Waals surface area contributed by atoms with Gasteiger partial charge in [0.1, 0.15) is 5.75 Å². The van der Waals surface area contributed by atoms with Crippen LogP contribution in [-0.4, -0.2) is 13.7 Å². The second kappa shape index (κ2) is 7.81. The molecule has 2 rings (SSSR count). The largest absolute Gasteiger partial charge is 0.497 e. The van der Waals surface area contributed by atoms with Gasteiger partial charge in [-0.3, -0.25) is 0 Å². The minimum atomic E-state index is 0.400. The molecule has 0 radical (unpaired) electrons. The van der Waals surface area contributed by atoms with Crippen LogP contribution in [0.2, 0.25) is 0 Å². The number of benzene rings is 2. The minimum Gasteiger partial charge on any atom is -0.497 e. The number of nitrogens with two attached hydrogens (primary N) is 1. The zero-order valence-corrected chi connectivity index (χ0v) is 12.7. The number of ether oxygens (including phenoxy) is 2. The Morgan fingerprint density at radius 1 is 1.00 bits per heavy atom. The summed E-state index contributed by atoms with van der Waals surface area (Å²) in [6.07, 6.45) is 0. The van der Waals surface area contributed by atoms with Gasteiger partial charge in [0, 0.05) is 0 Å². The van der Waals surface area contributed by atoms with Gasteiger partial charge in [0.05, 0.1) is 20.3 Å². The molecule has 0 saturated carbocycles. The highest BCUT2D eigenvalue weighted by Crippen LogP contribution is 2.16. The molecule has 2 aromatic carbocycles. The van der Waals surface area contributed by atoms with Crippen LogP contribution in [0.15, 0.2) is 48.5 Å². The SMILES string of the molecule is COc1cccc(COCc2ccc(C(C)CN)cc2)c1. The summed E-state index contributed by atoms with van der Waals surface area (Å²) in [5.74, 6) is 1.26. The second-order valence-electron chi connectivity index (χ2n) is 5.22. The molecule has 0 spiro atoms. The number of hydrogen-bond acceptors (Lipinski definition) is 3. The van der Waals surface area contributed by atoms with Gasteiger partial charge in [0.15, 0.2) is 0 Å². The van der Waals surface area contributed by atoms with Crippen LogP contribution in [0, 0.1) is 0 Å². The Morgan fingerprint density at radius 3 is 2.38 bits per heavy atom. The molecule has 21 heavy (non-hydrogen) atoms. The van der Waals surface area contributed by atoms with Gasteiger partial charge in [-0.25, -0.2) is 0 Å². The van der Waals surface area contributed by atoms with Gasteiger partial charge in [0.2, 0.25) is 0 Å². The van der Waals surface area contributed by atoms with Crippen molar-refractivity contribution in [3.8, 4) is 5.75 Å². The number of methoxy groups -OCH3 is 1. The van der Waals surface area contributed by atoms with Crippen LogP contribution in [-0.2, 0) is 18.0 Å². The Hall–Kier alpha value is -1.84. The van der Waals surface area contributed by atoms with E-state index < -0.39 is 0 Å². The summed E-state index contributed by atoms with van der Waals surface area (Å²) in [7, 11) is 1.67. The van der Waals surface area contributed by atoms with E-state index in [9.17, 15) is 0 Å². The smallest absolute Gasteiger partial charge is 0.119 e. The van der Waals surface area contributed by atoms with Crippen molar-refractivity contribution in [1.29, 1.82) is 0 Å². The molecule has 3 heteroatoms. The Balaban J connectivity index is 1.85. The second-order valence-corrected chi connectivity index (χ2v) is 5.22. The summed E-state index contributed by atoms with van der Waals surface area (Å²) >= 11 is 0. The molecule has 0 aliphatic heterocycles. The van der Waals surface area contributed by atoms with E-state index in [1.165, 1.54) is 11.1 Å². The molecule has 0 aliphatic carbocycles. The molecule has 0 saturated heterocycles. The van der Waals surface area contributed by atoms with E-state index in [2.05, 4.69) is 31.2 Å². The lowest BCUT2D eigenvalue weighted by molar-refractivity contribution is 0.107. The fourth-order valence-electron chi connectivity index (χ4n) is 2.13. The summed E-state index contributed by atoms with van der Waals surface area (Å²) in [6.45, 7) is 3.99. The van der Waals surface area contributed by atoms with E-state index in [4.69, 9.17) is 15.2 Å². The van der Waals surface area contributed by atoms with Gasteiger partial charge in [-0.1, -0.05) is 43.3 Å². The lowest BCUT2D eigenvalue weighted by Gasteiger charge is -2.10. The van der Waals surface area contributed by atoms with E-state index >= 15 is 0 Å². The molecule has 112 valence electrons. The topological polar surface area (TPSA) is 44.5 Å². The van der Waals surface area contributed by atoms with Crippen LogP contribution in [0.3, 0.4) is 0 Å². The maximum atomic E-state index is 5.75. The Kier molecular flexibility index (Phi) is 5.78. The summed E-state index contributed by atoms with van der Waals surface area (Å²) < 4.78 is 11.0. The molecule has 0 heterocycles. The van der Waals surface area contributed by atoms with E-state index in [0.717, 1.165) is 11.3 Å². The highest BCUT2D eigenvalue weighted by molar-refractivity contribution is 5.28. The van der Waals surface area contributed by atoms with Crippen LogP contribution in [0.1, 0.15) is 29.5 Å². The van der Waals surface area contributed by atoms with Crippen LogP contribution in [0.5, 0.6) is 5.75 Å². The van der Waals surface area contributed by atoms with Crippen molar-refractivity contribution in [1.82, 2.24) is 0 Å². The fraction of sp³-hybridized carbons (Fsp3) is 0.333. The van der Waals surface area contributed by atoms with E-state index in [-0.39, 0.29) is 0 Å². The van der Waals surface area contributed by atoms with E-state index in [1.807, 2.05) is 24.3 Å².